The first-order chi connectivity index (χ1) is 10.1. The molecule has 0 fully saturated rings. The number of rotatable bonds is 5. The van der Waals surface area contributed by atoms with Gasteiger partial charge in [0.2, 0.25) is 0 Å². The average Bonchev–Trinajstić information content (AvgIpc) is 2.49. The maximum absolute atomic E-state index is 11.4. The van der Waals surface area contributed by atoms with Gasteiger partial charge in [-0.3, -0.25) is 0 Å². The Hall–Kier alpha value is -2.51. The predicted molar refractivity (Wildman–Crippen MR) is 82.1 cm³/mol. The van der Waals surface area contributed by atoms with Crippen molar-refractivity contribution in [2.45, 2.75) is 6.42 Å². The number of nitrogens with zero attached hydrogens (tertiary/aromatic N) is 2. The van der Waals surface area contributed by atoms with Crippen molar-refractivity contribution < 1.29 is 9.90 Å². The molecule has 0 radical (unpaired) electrons. The summed E-state index contributed by atoms with van der Waals surface area (Å²) in [5, 5.41) is 18.5. The fraction of sp³-hybridized carbons (Fsp3) is 0.125. The van der Waals surface area contributed by atoms with Crippen LogP contribution in [0.1, 0.15) is 16.8 Å². The second-order valence-corrected chi connectivity index (χ2v) is 4.74. The van der Waals surface area contributed by atoms with E-state index in [4.69, 9.17) is 16.9 Å². The Morgan fingerprint density at radius 1 is 1.19 bits per heavy atom. The number of benzene rings is 2. The topological polar surface area (TPSA) is 64.3 Å². The van der Waals surface area contributed by atoms with Crippen LogP contribution in [0.25, 0.3) is 0 Å². The van der Waals surface area contributed by atoms with Gasteiger partial charge in [-0.2, -0.15) is 5.26 Å². The average molecular weight is 301 g/mol. The van der Waals surface area contributed by atoms with E-state index in [0.717, 1.165) is 5.69 Å². The largest absolute Gasteiger partial charge is 0.478 e. The highest BCUT2D eigenvalue weighted by Crippen LogP contribution is 2.35. The lowest BCUT2D eigenvalue weighted by Crippen LogP contribution is -2.21. The predicted octanol–water partition coefficient (Wildman–Crippen LogP) is 4.09. The third-order valence-corrected chi connectivity index (χ3v) is 3.31. The lowest BCUT2D eigenvalue weighted by molar-refractivity contribution is 0.0697. The molecule has 5 heteroatoms. The molecule has 2 rings (SSSR count). The zero-order valence-corrected chi connectivity index (χ0v) is 11.9. The molecule has 2 aromatic carbocycles. The normalized spacial score (nSPS) is 9.90. The maximum Gasteiger partial charge on any atom is 0.337 e. The monoisotopic (exact) mass is 300 g/mol. The van der Waals surface area contributed by atoms with Crippen molar-refractivity contribution in [2.24, 2.45) is 0 Å². The SMILES string of the molecule is N#CCCN(c1ccccc1)c1c(Cl)cccc1C(=O)O. The minimum atomic E-state index is -1.05. The molecule has 0 aliphatic heterocycles. The zero-order valence-electron chi connectivity index (χ0n) is 11.2. The van der Waals surface area contributed by atoms with Crippen LogP contribution in [0.2, 0.25) is 5.02 Å². The first-order valence-corrected chi connectivity index (χ1v) is 6.74. The summed E-state index contributed by atoms with van der Waals surface area (Å²) in [7, 11) is 0. The van der Waals surface area contributed by atoms with E-state index in [1.54, 1.807) is 17.0 Å². The lowest BCUT2D eigenvalue weighted by atomic mass is 10.1. The molecule has 0 aromatic heterocycles. The van der Waals surface area contributed by atoms with Gasteiger partial charge in [-0.15, -0.1) is 0 Å². The van der Waals surface area contributed by atoms with E-state index in [1.807, 2.05) is 30.3 Å². The number of halogens is 1. The number of carboxylic acids is 1. The minimum absolute atomic E-state index is 0.115. The Morgan fingerprint density at radius 3 is 2.52 bits per heavy atom. The van der Waals surface area contributed by atoms with Gasteiger partial charge >= 0.3 is 5.97 Å². The maximum atomic E-state index is 11.4. The third-order valence-electron chi connectivity index (χ3n) is 3.00. The van der Waals surface area contributed by atoms with Crippen molar-refractivity contribution in [2.75, 3.05) is 11.4 Å². The van der Waals surface area contributed by atoms with Gasteiger partial charge in [0, 0.05) is 12.2 Å². The van der Waals surface area contributed by atoms with Crippen molar-refractivity contribution in [1.82, 2.24) is 0 Å². The highest BCUT2D eigenvalue weighted by atomic mass is 35.5. The molecule has 0 heterocycles. The van der Waals surface area contributed by atoms with Gasteiger partial charge in [-0.1, -0.05) is 35.9 Å². The molecule has 1 N–H and O–H groups in total. The number of para-hydroxylation sites is 2. The Labute approximate surface area is 127 Å². The number of carbonyl (C=O) groups is 1. The number of nitriles is 1. The Kier molecular flexibility index (Phi) is 4.81. The first kappa shape index (κ1) is 14.9. The summed E-state index contributed by atoms with van der Waals surface area (Å²) in [6.45, 7) is 0.366. The van der Waals surface area contributed by atoms with Crippen LogP contribution in [0.4, 0.5) is 11.4 Å². The van der Waals surface area contributed by atoms with Crippen molar-refractivity contribution in [1.29, 1.82) is 5.26 Å². The van der Waals surface area contributed by atoms with Crippen molar-refractivity contribution in [3.8, 4) is 6.07 Å². The summed E-state index contributed by atoms with van der Waals surface area (Å²) in [4.78, 5) is 13.2. The summed E-state index contributed by atoms with van der Waals surface area (Å²) >= 11 is 6.21. The second kappa shape index (κ2) is 6.78. The molecule has 106 valence electrons. The zero-order chi connectivity index (χ0) is 15.2. The number of hydrogen-bond acceptors (Lipinski definition) is 3. The van der Waals surface area contributed by atoms with E-state index in [9.17, 15) is 9.90 Å². The van der Waals surface area contributed by atoms with Crippen molar-refractivity contribution in [3.63, 3.8) is 0 Å². The number of aromatic carboxylic acids is 1. The van der Waals surface area contributed by atoms with E-state index in [2.05, 4.69) is 6.07 Å². The second-order valence-electron chi connectivity index (χ2n) is 4.34. The van der Waals surface area contributed by atoms with Crippen LogP contribution in [-0.2, 0) is 0 Å². The fourth-order valence-corrected chi connectivity index (χ4v) is 2.38. The lowest BCUT2D eigenvalue weighted by Gasteiger charge is -2.26. The molecule has 4 nitrogen and oxygen atoms in total. The molecule has 0 aliphatic rings. The highest BCUT2D eigenvalue weighted by molar-refractivity contribution is 6.34. The molecule has 0 saturated heterocycles. The standard InChI is InChI=1S/C16H13ClN2O2/c17-14-9-4-8-13(16(20)21)15(14)19(11-5-10-18)12-6-2-1-3-7-12/h1-4,6-9H,5,11H2,(H,20,21). The van der Waals surface area contributed by atoms with Gasteiger partial charge in [0.25, 0.3) is 0 Å². The van der Waals surface area contributed by atoms with Gasteiger partial charge in [0.1, 0.15) is 0 Å². The molecule has 0 atom stereocenters. The summed E-state index contributed by atoms with van der Waals surface area (Å²) in [6.07, 6.45) is 0.263. The van der Waals surface area contributed by atoms with Crippen molar-refractivity contribution >= 4 is 28.9 Å². The van der Waals surface area contributed by atoms with E-state index in [1.165, 1.54) is 6.07 Å². The van der Waals surface area contributed by atoms with Gasteiger partial charge < -0.3 is 10.0 Å². The molecule has 0 unspecified atom stereocenters. The molecule has 2 aromatic rings. The highest BCUT2D eigenvalue weighted by Gasteiger charge is 2.20. The van der Waals surface area contributed by atoms with Gasteiger partial charge in [-0.25, -0.2) is 4.79 Å². The number of carboxylic acid groups (broad SMARTS) is 1. The van der Waals surface area contributed by atoms with Gasteiger partial charge in [-0.05, 0) is 24.3 Å². The third kappa shape index (κ3) is 3.33. The van der Waals surface area contributed by atoms with E-state index in [0.29, 0.717) is 17.3 Å². The van der Waals surface area contributed by atoms with Crippen LogP contribution in [-0.4, -0.2) is 17.6 Å². The van der Waals surface area contributed by atoms with Crippen LogP contribution in [0.5, 0.6) is 0 Å². The van der Waals surface area contributed by atoms with E-state index < -0.39 is 5.97 Å². The van der Waals surface area contributed by atoms with Crippen LogP contribution < -0.4 is 4.90 Å². The van der Waals surface area contributed by atoms with Crippen LogP contribution >= 0.6 is 11.6 Å². The Bertz CT molecular complexity index is 680. The van der Waals surface area contributed by atoms with E-state index in [-0.39, 0.29) is 12.0 Å². The van der Waals surface area contributed by atoms with Gasteiger partial charge in [0.15, 0.2) is 0 Å². The quantitative estimate of drug-likeness (QED) is 0.903. The molecule has 0 aliphatic carbocycles. The first-order valence-electron chi connectivity index (χ1n) is 6.36. The van der Waals surface area contributed by atoms with Gasteiger partial charge in [0.05, 0.1) is 28.8 Å². The summed E-state index contributed by atoms with van der Waals surface area (Å²) in [6, 6.07) is 16.1. The number of anilines is 2. The molecular weight excluding hydrogens is 288 g/mol. The van der Waals surface area contributed by atoms with Crippen LogP contribution in [0, 0.1) is 11.3 Å². The Morgan fingerprint density at radius 2 is 1.90 bits per heavy atom. The summed E-state index contributed by atoms with van der Waals surface area (Å²) in [5.74, 6) is -1.05. The minimum Gasteiger partial charge on any atom is -0.478 e. The summed E-state index contributed by atoms with van der Waals surface area (Å²) < 4.78 is 0. The molecule has 21 heavy (non-hydrogen) atoms. The summed E-state index contributed by atoms with van der Waals surface area (Å²) in [5.41, 5.74) is 1.32. The number of hydrogen-bond donors (Lipinski definition) is 1. The van der Waals surface area contributed by atoms with Crippen molar-refractivity contribution in [3.05, 3.63) is 59.1 Å². The molecule has 0 bridgehead atoms. The molecular formula is C16H13ClN2O2. The van der Waals surface area contributed by atoms with E-state index >= 15 is 0 Å². The Balaban J connectivity index is 2.57. The fourth-order valence-electron chi connectivity index (χ4n) is 2.10. The molecule has 0 amide bonds. The smallest absolute Gasteiger partial charge is 0.337 e. The van der Waals surface area contributed by atoms with Crippen LogP contribution in [0.15, 0.2) is 48.5 Å². The molecule has 0 saturated carbocycles. The van der Waals surface area contributed by atoms with Crippen LogP contribution in [0.3, 0.4) is 0 Å². The molecule has 0 spiro atoms.